The Kier molecular flexibility index (Phi) is 6.24. The Morgan fingerprint density at radius 3 is 2.44 bits per heavy atom. The normalized spacial score (nSPS) is 11.5. The number of benzene rings is 1. The minimum atomic E-state index is 0.00295. The highest BCUT2D eigenvalue weighted by Gasteiger charge is 2.14. The zero-order chi connectivity index (χ0) is 18.4. The molecule has 0 saturated heterocycles. The van der Waals surface area contributed by atoms with Gasteiger partial charge in [-0.1, -0.05) is 6.07 Å². The van der Waals surface area contributed by atoms with Gasteiger partial charge < -0.3 is 14.8 Å². The van der Waals surface area contributed by atoms with E-state index in [1.165, 1.54) is 0 Å². The lowest BCUT2D eigenvalue weighted by atomic mass is 10.1. The average molecular weight is 339 g/mol. The number of rotatable bonds is 7. The van der Waals surface area contributed by atoms with E-state index in [0.717, 1.165) is 34.1 Å². The molecule has 0 fully saturated rings. The molecule has 0 aliphatic rings. The standard InChI is InChI=1S/C20H25N3O2/c1-6-24-19-9-8-16(11-20(19)25-7-2)14(4)23-18-10-13(3)22-15(5)17(18)12-21/h8-11,14H,6-7H2,1-5H3,(H,22,23). The minimum Gasteiger partial charge on any atom is -0.490 e. The molecule has 1 atom stereocenters. The highest BCUT2D eigenvalue weighted by molar-refractivity contribution is 5.61. The van der Waals surface area contributed by atoms with Crippen molar-refractivity contribution >= 4 is 5.69 Å². The van der Waals surface area contributed by atoms with E-state index >= 15 is 0 Å². The van der Waals surface area contributed by atoms with Crippen molar-refractivity contribution in [1.29, 1.82) is 5.26 Å². The van der Waals surface area contributed by atoms with Crippen LogP contribution in [0.1, 0.15) is 49.3 Å². The fourth-order valence-corrected chi connectivity index (χ4v) is 2.74. The molecule has 2 aromatic rings. The van der Waals surface area contributed by atoms with Crippen molar-refractivity contribution in [3.05, 3.63) is 46.8 Å². The number of ether oxygens (including phenoxy) is 2. The summed E-state index contributed by atoms with van der Waals surface area (Å²) >= 11 is 0. The second kappa shape index (κ2) is 8.39. The van der Waals surface area contributed by atoms with Crippen LogP contribution in [-0.4, -0.2) is 18.2 Å². The number of anilines is 1. The highest BCUT2D eigenvalue weighted by atomic mass is 16.5. The van der Waals surface area contributed by atoms with Crippen LogP contribution in [0.25, 0.3) is 0 Å². The molecule has 0 spiro atoms. The van der Waals surface area contributed by atoms with Crippen LogP contribution in [0.5, 0.6) is 11.5 Å². The van der Waals surface area contributed by atoms with Gasteiger partial charge in [-0.15, -0.1) is 0 Å². The number of nitrogens with zero attached hydrogens (tertiary/aromatic N) is 2. The molecule has 1 N–H and O–H groups in total. The van der Waals surface area contributed by atoms with Crippen LogP contribution < -0.4 is 14.8 Å². The number of hydrogen-bond donors (Lipinski definition) is 1. The van der Waals surface area contributed by atoms with Crippen LogP contribution in [0.3, 0.4) is 0 Å². The van der Waals surface area contributed by atoms with Crippen molar-refractivity contribution in [2.45, 2.75) is 40.7 Å². The van der Waals surface area contributed by atoms with Crippen molar-refractivity contribution in [3.8, 4) is 17.6 Å². The summed E-state index contributed by atoms with van der Waals surface area (Å²) in [6.45, 7) is 10.9. The Balaban J connectivity index is 2.31. The fraction of sp³-hybridized carbons (Fsp3) is 0.400. The summed E-state index contributed by atoms with van der Waals surface area (Å²) < 4.78 is 11.3. The molecule has 0 aliphatic carbocycles. The quantitative estimate of drug-likeness (QED) is 0.802. The summed E-state index contributed by atoms with van der Waals surface area (Å²) in [6.07, 6.45) is 0. The van der Waals surface area contributed by atoms with Gasteiger partial charge in [-0.2, -0.15) is 5.26 Å². The maximum absolute atomic E-state index is 9.42. The molecule has 0 bridgehead atoms. The zero-order valence-electron chi connectivity index (χ0n) is 15.5. The summed E-state index contributed by atoms with van der Waals surface area (Å²) in [6, 6.07) is 10.1. The average Bonchev–Trinajstić information content (AvgIpc) is 2.56. The van der Waals surface area contributed by atoms with Crippen LogP contribution >= 0.6 is 0 Å². The number of aryl methyl sites for hydroxylation is 2. The molecule has 1 heterocycles. The van der Waals surface area contributed by atoms with Gasteiger partial charge in [0.25, 0.3) is 0 Å². The van der Waals surface area contributed by atoms with Gasteiger partial charge in [0.05, 0.1) is 30.2 Å². The Morgan fingerprint density at radius 1 is 1.12 bits per heavy atom. The van der Waals surface area contributed by atoms with E-state index in [9.17, 15) is 5.26 Å². The van der Waals surface area contributed by atoms with Crippen LogP contribution in [0, 0.1) is 25.2 Å². The molecule has 0 amide bonds. The first-order valence-electron chi connectivity index (χ1n) is 8.54. The van der Waals surface area contributed by atoms with E-state index < -0.39 is 0 Å². The van der Waals surface area contributed by atoms with Crippen molar-refractivity contribution in [3.63, 3.8) is 0 Å². The van der Waals surface area contributed by atoms with Gasteiger partial charge in [-0.3, -0.25) is 4.98 Å². The molecule has 1 aromatic heterocycles. The van der Waals surface area contributed by atoms with Crippen LogP contribution in [0.2, 0.25) is 0 Å². The molecule has 132 valence electrons. The van der Waals surface area contributed by atoms with Gasteiger partial charge in [0.15, 0.2) is 11.5 Å². The van der Waals surface area contributed by atoms with Gasteiger partial charge in [-0.05, 0) is 58.4 Å². The summed E-state index contributed by atoms with van der Waals surface area (Å²) in [5, 5.41) is 12.8. The maximum atomic E-state index is 9.42. The first-order chi connectivity index (χ1) is 12.0. The van der Waals surface area contributed by atoms with Crippen molar-refractivity contribution < 1.29 is 9.47 Å². The zero-order valence-corrected chi connectivity index (χ0v) is 15.5. The van der Waals surface area contributed by atoms with Crippen LogP contribution in [-0.2, 0) is 0 Å². The molecule has 5 nitrogen and oxygen atoms in total. The van der Waals surface area contributed by atoms with E-state index in [2.05, 4.69) is 23.3 Å². The molecule has 0 saturated carbocycles. The molecule has 1 unspecified atom stereocenters. The number of aromatic nitrogens is 1. The first kappa shape index (κ1) is 18.6. The molecular weight excluding hydrogens is 314 g/mol. The number of nitrogens with one attached hydrogen (secondary N) is 1. The molecule has 2 rings (SSSR count). The Bertz CT molecular complexity index is 781. The third-order valence-electron chi connectivity index (χ3n) is 3.88. The van der Waals surface area contributed by atoms with Gasteiger partial charge in [0.1, 0.15) is 6.07 Å². The van der Waals surface area contributed by atoms with Gasteiger partial charge in [-0.25, -0.2) is 0 Å². The van der Waals surface area contributed by atoms with Crippen molar-refractivity contribution in [1.82, 2.24) is 4.98 Å². The van der Waals surface area contributed by atoms with E-state index in [4.69, 9.17) is 9.47 Å². The van der Waals surface area contributed by atoms with E-state index in [1.807, 2.05) is 52.0 Å². The van der Waals surface area contributed by atoms with Crippen molar-refractivity contribution in [2.75, 3.05) is 18.5 Å². The molecule has 0 radical (unpaired) electrons. The number of nitriles is 1. The van der Waals surface area contributed by atoms with Crippen LogP contribution in [0.15, 0.2) is 24.3 Å². The topological polar surface area (TPSA) is 67.2 Å². The second-order valence-corrected chi connectivity index (χ2v) is 5.82. The first-order valence-corrected chi connectivity index (χ1v) is 8.54. The summed E-state index contributed by atoms with van der Waals surface area (Å²) in [5.74, 6) is 1.48. The Morgan fingerprint density at radius 2 is 1.80 bits per heavy atom. The Labute approximate surface area is 149 Å². The van der Waals surface area contributed by atoms with Gasteiger partial charge >= 0.3 is 0 Å². The lowest BCUT2D eigenvalue weighted by molar-refractivity contribution is 0.287. The predicted molar refractivity (Wildman–Crippen MR) is 99.2 cm³/mol. The summed E-state index contributed by atoms with van der Waals surface area (Å²) in [5.41, 5.74) is 4.05. The second-order valence-electron chi connectivity index (χ2n) is 5.82. The maximum Gasteiger partial charge on any atom is 0.161 e. The summed E-state index contributed by atoms with van der Waals surface area (Å²) in [7, 11) is 0. The van der Waals surface area contributed by atoms with E-state index in [1.54, 1.807) is 0 Å². The Hall–Kier alpha value is -2.74. The smallest absolute Gasteiger partial charge is 0.161 e. The van der Waals surface area contributed by atoms with E-state index in [0.29, 0.717) is 18.8 Å². The van der Waals surface area contributed by atoms with E-state index in [-0.39, 0.29) is 6.04 Å². The fourth-order valence-electron chi connectivity index (χ4n) is 2.74. The lowest BCUT2D eigenvalue weighted by Gasteiger charge is -2.19. The van der Waals surface area contributed by atoms with Crippen LogP contribution in [0.4, 0.5) is 5.69 Å². The largest absolute Gasteiger partial charge is 0.490 e. The third-order valence-corrected chi connectivity index (χ3v) is 3.88. The minimum absolute atomic E-state index is 0.00295. The van der Waals surface area contributed by atoms with Crippen molar-refractivity contribution in [2.24, 2.45) is 0 Å². The van der Waals surface area contributed by atoms with Gasteiger partial charge in [0, 0.05) is 11.7 Å². The molecular formula is C20H25N3O2. The molecule has 25 heavy (non-hydrogen) atoms. The lowest BCUT2D eigenvalue weighted by Crippen LogP contribution is -2.10. The number of pyridine rings is 1. The molecule has 1 aromatic carbocycles. The monoisotopic (exact) mass is 339 g/mol. The van der Waals surface area contributed by atoms with Gasteiger partial charge in [0.2, 0.25) is 0 Å². The molecule has 0 aliphatic heterocycles. The summed E-state index contributed by atoms with van der Waals surface area (Å²) in [4.78, 5) is 4.36. The SMILES string of the molecule is CCOc1ccc(C(C)Nc2cc(C)nc(C)c2C#N)cc1OCC. The predicted octanol–water partition coefficient (Wildman–Crippen LogP) is 4.54. The number of hydrogen-bond acceptors (Lipinski definition) is 5. The molecule has 5 heteroatoms. The highest BCUT2D eigenvalue weighted by Crippen LogP contribution is 2.32. The third kappa shape index (κ3) is 4.42.